The molecule has 0 saturated carbocycles. The molecule has 0 spiro atoms. The Morgan fingerprint density at radius 3 is 2.27 bits per heavy atom. The molecule has 1 atom stereocenters. The van der Waals surface area contributed by atoms with Crippen molar-refractivity contribution in [2.24, 2.45) is 5.92 Å². The molecule has 0 aliphatic carbocycles. The van der Waals surface area contributed by atoms with Crippen LogP contribution in [0.15, 0.2) is 11.8 Å². The van der Waals surface area contributed by atoms with Crippen LogP contribution in [-0.2, 0) is 0 Å². The number of thiol groups is 1. The maximum Gasteiger partial charge on any atom is 0.0383 e. The van der Waals surface area contributed by atoms with Crippen molar-refractivity contribution in [3.63, 3.8) is 0 Å². The van der Waals surface area contributed by atoms with Gasteiger partial charge in [0.1, 0.15) is 0 Å². The molecule has 0 aliphatic heterocycles. The normalized spacial score (nSPS) is 15.3. The molecule has 0 aliphatic rings. The summed E-state index contributed by atoms with van der Waals surface area (Å²) in [5.74, 6) is 0.692. The van der Waals surface area contributed by atoms with E-state index < -0.39 is 0 Å². The topological polar surface area (TPSA) is 12.0 Å². The van der Waals surface area contributed by atoms with E-state index in [4.69, 9.17) is 0 Å². The summed E-state index contributed by atoms with van der Waals surface area (Å²) in [4.78, 5) is 0. The van der Waals surface area contributed by atoms with Gasteiger partial charge in [0.25, 0.3) is 0 Å². The summed E-state index contributed by atoms with van der Waals surface area (Å²) in [5.41, 5.74) is 1.22. The smallest absolute Gasteiger partial charge is 0.0383 e. The fourth-order valence-electron chi connectivity index (χ4n) is 0.813. The molecule has 2 heteroatoms. The fourth-order valence-corrected chi connectivity index (χ4v) is 1.05. The largest absolute Gasteiger partial charge is 0.387 e. The standard InChI is InChI=1S/C9H19NS/c1-5-9(8(4)11)10-6-7(2)3/h5,7-8,10-11H,6H2,1-4H3/b9-5-. The van der Waals surface area contributed by atoms with Gasteiger partial charge >= 0.3 is 0 Å². The monoisotopic (exact) mass is 173 g/mol. The molecule has 1 nitrogen and oxygen atoms in total. The molecule has 0 aromatic heterocycles. The van der Waals surface area contributed by atoms with E-state index in [9.17, 15) is 0 Å². The molecule has 0 amide bonds. The first-order valence-corrected chi connectivity index (χ1v) is 4.67. The van der Waals surface area contributed by atoms with Crippen molar-refractivity contribution < 1.29 is 0 Å². The van der Waals surface area contributed by atoms with Gasteiger partial charge in [-0.15, -0.1) is 0 Å². The maximum atomic E-state index is 4.34. The van der Waals surface area contributed by atoms with Gasteiger partial charge in [0.05, 0.1) is 0 Å². The van der Waals surface area contributed by atoms with Crippen molar-refractivity contribution in [1.29, 1.82) is 0 Å². The van der Waals surface area contributed by atoms with Crippen LogP contribution < -0.4 is 5.32 Å². The summed E-state index contributed by atoms with van der Waals surface area (Å²) in [6.45, 7) is 9.54. The molecule has 0 radical (unpaired) electrons. The van der Waals surface area contributed by atoms with Crippen LogP contribution in [0.4, 0.5) is 0 Å². The number of allylic oxidation sites excluding steroid dienone is 1. The van der Waals surface area contributed by atoms with Crippen LogP contribution in [0.3, 0.4) is 0 Å². The maximum absolute atomic E-state index is 4.34. The van der Waals surface area contributed by atoms with Crippen molar-refractivity contribution in [3.05, 3.63) is 11.8 Å². The zero-order chi connectivity index (χ0) is 8.85. The molecule has 0 fully saturated rings. The Balaban J connectivity index is 3.72. The molecule has 0 bridgehead atoms. The highest BCUT2D eigenvalue weighted by molar-refractivity contribution is 7.81. The van der Waals surface area contributed by atoms with E-state index in [0.29, 0.717) is 11.2 Å². The SMILES string of the molecule is C/C=C(\NCC(C)C)C(C)S. The third-order valence-corrected chi connectivity index (χ3v) is 1.75. The lowest BCUT2D eigenvalue weighted by molar-refractivity contribution is 0.590. The van der Waals surface area contributed by atoms with Gasteiger partial charge in [0.15, 0.2) is 0 Å². The van der Waals surface area contributed by atoms with Gasteiger partial charge in [0, 0.05) is 17.5 Å². The van der Waals surface area contributed by atoms with Gasteiger partial charge in [-0.05, 0) is 19.8 Å². The number of nitrogens with one attached hydrogen (secondary N) is 1. The predicted octanol–water partition coefficient (Wildman–Crippen LogP) is 2.45. The van der Waals surface area contributed by atoms with Crippen molar-refractivity contribution in [2.75, 3.05) is 6.54 Å². The molecule has 1 unspecified atom stereocenters. The second-order valence-corrected chi connectivity index (χ2v) is 3.97. The van der Waals surface area contributed by atoms with Crippen LogP contribution in [0.5, 0.6) is 0 Å². The van der Waals surface area contributed by atoms with Crippen LogP contribution in [0.1, 0.15) is 27.7 Å². The molecule has 66 valence electrons. The predicted molar refractivity (Wildman–Crippen MR) is 55.0 cm³/mol. The average Bonchev–Trinajstić information content (AvgIpc) is 1.87. The molecular formula is C9H19NS. The summed E-state index contributed by atoms with van der Waals surface area (Å²) >= 11 is 4.34. The van der Waals surface area contributed by atoms with Gasteiger partial charge in [-0.3, -0.25) is 0 Å². The zero-order valence-corrected chi connectivity index (χ0v) is 8.78. The third-order valence-electron chi connectivity index (χ3n) is 1.48. The minimum atomic E-state index is 0.318. The van der Waals surface area contributed by atoms with Crippen LogP contribution >= 0.6 is 12.6 Å². The fraction of sp³-hybridized carbons (Fsp3) is 0.778. The van der Waals surface area contributed by atoms with Crippen molar-refractivity contribution in [1.82, 2.24) is 5.32 Å². The van der Waals surface area contributed by atoms with Crippen LogP contribution in [0.25, 0.3) is 0 Å². The van der Waals surface area contributed by atoms with Gasteiger partial charge in [-0.25, -0.2) is 0 Å². The Morgan fingerprint density at radius 2 is 2.00 bits per heavy atom. The second kappa shape index (κ2) is 5.53. The molecule has 11 heavy (non-hydrogen) atoms. The summed E-state index contributed by atoms with van der Waals surface area (Å²) in [7, 11) is 0. The Morgan fingerprint density at radius 1 is 1.45 bits per heavy atom. The average molecular weight is 173 g/mol. The van der Waals surface area contributed by atoms with Gasteiger partial charge < -0.3 is 5.32 Å². The minimum Gasteiger partial charge on any atom is -0.387 e. The molecule has 1 N–H and O–H groups in total. The van der Waals surface area contributed by atoms with E-state index in [-0.39, 0.29) is 0 Å². The summed E-state index contributed by atoms with van der Waals surface area (Å²) < 4.78 is 0. The van der Waals surface area contributed by atoms with Gasteiger partial charge in [-0.1, -0.05) is 19.9 Å². The first kappa shape index (κ1) is 10.9. The van der Waals surface area contributed by atoms with Crippen LogP contribution in [0.2, 0.25) is 0 Å². The highest BCUT2D eigenvalue weighted by Gasteiger charge is 2.01. The highest BCUT2D eigenvalue weighted by atomic mass is 32.1. The lowest BCUT2D eigenvalue weighted by Gasteiger charge is -2.14. The van der Waals surface area contributed by atoms with Gasteiger partial charge in [0.2, 0.25) is 0 Å². The third kappa shape index (κ3) is 5.19. The van der Waals surface area contributed by atoms with Crippen molar-refractivity contribution >= 4 is 12.6 Å². The van der Waals surface area contributed by atoms with E-state index in [1.807, 2.05) is 6.92 Å². The Kier molecular flexibility index (Phi) is 5.47. The minimum absolute atomic E-state index is 0.318. The van der Waals surface area contributed by atoms with E-state index >= 15 is 0 Å². The second-order valence-electron chi connectivity index (χ2n) is 3.19. The highest BCUT2D eigenvalue weighted by Crippen LogP contribution is 2.05. The van der Waals surface area contributed by atoms with E-state index in [1.54, 1.807) is 0 Å². The van der Waals surface area contributed by atoms with E-state index in [1.165, 1.54) is 5.70 Å². The van der Waals surface area contributed by atoms with E-state index in [2.05, 4.69) is 44.8 Å². The molecule has 0 heterocycles. The van der Waals surface area contributed by atoms with Crippen molar-refractivity contribution in [3.8, 4) is 0 Å². The molecule has 0 aromatic rings. The quantitative estimate of drug-likeness (QED) is 0.622. The van der Waals surface area contributed by atoms with E-state index in [0.717, 1.165) is 6.54 Å². The molecular weight excluding hydrogens is 154 g/mol. The lowest BCUT2D eigenvalue weighted by atomic mass is 10.2. The number of hydrogen-bond acceptors (Lipinski definition) is 2. The van der Waals surface area contributed by atoms with Crippen LogP contribution in [-0.4, -0.2) is 11.8 Å². The molecule has 0 aromatic carbocycles. The number of rotatable bonds is 4. The van der Waals surface area contributed by atoms with Crippen molar-refractivity contribution in [2.45, 2.75) is 32.9 Å². The molecule has 0 rings (SSSR count). The Labute approximate surface area is 75.7 Å². The zero-order valence-electron chi connectivity index (χ0n) is 7.89. The molecule has 0 saturated heterocycles. The first-order chi connectivity index (χ1) is 5.07. The summed E-state index contributed by atoms with van der Waals surface area (Å²) in [6.07, 6.45) is 2.08. The first-order valence-electron chi connectivity index (χ1n) is 4.16. The summed E-state index contributed by atoms with van der Waals surface area (Å²) in [6, 6.07) is 0. The Hall–Kier alpha value is -0.110. The summed E-state index contributed by atoms with van der Waals surface area (Å²) in [5, 5.41) is 3.67. The lowest BCUT2D eigenvalue weighted by Crippen LogP contribution is -2.23. The Bertz CT molecular complexity index is 128. The number of hydrogen-bond donors (Lipinski definition) is 2. The van der Waals surface area contributed by atoms with Gasteiger partial charge in [-0.2, -0.15) is 12.6 Å². The van der Waals surface area contributed by atoms with Crippen LogP contribution in [0, 0.1) is 5.92 Å².